The van der Waals surface area contributed by atoms with Crippen LogP contribution in [0.4, 0.5) is 0 Å². The number of para-hydroxylation sites is 2. The predicted molar refractivity (Wildman–Crippen MR) is 131 cm³/mol. The molecule has 0 aliphatic rings. The number of hydrogen-bond donors (Lipinski definition) is 2. The summed E-state index contributed by atoms with van der Waals surface area (Å²) in [7, 11) is 0. The first-order valence-corrected chi connectivity index (χ1v) is 10.9. The van der Waals surface area contributed by atoms with Gasteiger partial charge in [-0.1, -0.05) is 72.3 Å². The molecule has 0 radical (unpaired) electrons. The van der Waals surface area contributed by atoms with Crippen molar-refractivity contribution in [2.75, 3.05) is 0 Å². The molecule has 5 heteroatoms. The Hall–Kier alpha value is -3.60. The topological polar surface area (TPSA) is 59.7 Å². The van der Waals surface area contributed by atoms with Crippen molar-refractivity contribution in [2.24, 2.45) is 5.73 Å². The Bertz CT molecular complexity index is 1460. The minimum absolute atomic E-state index is 0.406. The summed E-state index contributed by atoms with van der Waals surface area (Å²) in [5.41, 5.74) is 13.5. The fourth-order valence-corrected chi connectivity index (χ4v) is 4.33. The van der Waals surface area contributed by atoms with Crippen molar-refractivity contribution in [3.63, 3.8) is 0 Å². The molecule has 32 heavy (non-hydrogen) atoms. The summed E-state index contributed by atoms with van der Waals surface area (Å²) in [6, 6.07) is 32.5. The zero-order chi connectivity index (χ0) is 22.1. The molecule has 1 heterocycles. The van der Waals surface area contributed by atoms with Crippen LogP contribution >= 0.6 is 11.6 Å². The largest absolute Gasteiger partial charge is 0.326 e. The number of nitrogens with zero attached hydrogens (tertiary/aromatic N) is 2. The van der Waals surface area contributed by atoms with E-state index in [1.165, 1.54) is 0 Å². The second-order valence-electron chi connectivity index (χ2n) is 7.78. The molecular formula is C27H23ClN4. The molecule has 0 atom stereocenters. The van der Waals surface area contributed by atoms with Gasteiger partial charge in [0.25, 0.3) is 0 Å². The van der Waals surface area contributed by atoms with Gasteiger partial charge in [0, 0.05) is 17.3 Å². The summed E-state index contributed by atoms with van der Waals surface area (Å²) in [5, 5.41) is 9.68. The van der Waals surface area contributed by atoms with Gasteiger partial charge in [0.15, 0.2) is 0 Å². The molecule has 158 valence electrons. The fourth-order valence-electron chi connectivity index (χ4n) is 4.13. The third-order valence-electron chi connectivity index (χ3n) is 5.79. The van der Waals surface area contributed by atoms with E-state index in [1.54, 1.807) is 0 Å². The lowest BCUT2D eigenvalue weighted by Crippen LogP contribution is -2.24. The van der Waals surface area contributed by atoms with E-state index in [1.807, 2.05) is 63.7 Å². The van der Waals surface area contributed by atoms with Gasteiger partial charge in [-0.2, -0.15) is 0 Å². The summed E-state index contributed by atoms with van der Waals surface area (Å²) < 4.78 is 3.97. The highest BCUT2D eigenvalue weighted by molar-refractivity contribution is 6.31. The third kappa shape index (κ3) is 3.64. The van der Waals surface area contributed by atoms with E-state index in [-0.39, 0.29) is 0 Å². The highest BCUT2D eigenvalue weighted by Gasteiger charge is 2.13. The average molecular weight is 439 g/mol. The molecule has 0 amide bonds. The average Bonchev–Trinajstić information content (AvgIpc) is 3.12. The first-order chi connectivity index (χ1) is 15.7. The Morgan fingerprint density at radius 3 is 2.22 bits per heavy atom. The Morgan fingerprint density at radius 2 is 1.47 bits per heavy atom. The van der Waals surface area contributed by atoms with Crippen LogP contribution in [0, 0.1) is 5.41 Å². The molecule has 4 nitrogen and oxygen atoms in total. The highest BCUT2D eigenvalue weighted by atomic mass is 35.5. The number of hydrogen-bond acceptors (Lipinski definition) is 2. The van der Waals surface area contributed by atoms with Crippen molar-refractivity contribution in [3.05, 3.63) is 119 Å². The van der Waals surface area contributed by atoms with E-state index in [2.05, 4.69) is 42.5 Å². The van der Waals surface area contributed by atoms with Crippen LogP contribution in [0.25, 0.3) is 27.8 Å². The van der Waals surface area contributed by atoms with Crippen LogP contribution in [-0.2, 0) is 13.1 Å². The number of halogens is 1. The lowest BCUT2D eigenvalue weighted by atomic mass is 10.0. The minimum atomic E-state index is 0.406. The van der Waals surface area contributed by atoms with Gasteiger partial charge in [-0.05, 0) is 58.7 Å². The van der Waals surface area contributed by atoms with Crippen LogP contribution in [0.1, 0.15) is 11.1 Å². The van der Waals surface area contributed by atoms with Crippen LogP contribution in [-0.4, -0.2) is 9.13 Å². The van der Waals surface area contributed by atoms with Gasteiger partial charge in [-0.15, -0.1) is 0 Å². The van der Waals surface area contributed by atoms with E-state index in [9.17, 15) is 0 Å². The fraction of sp³-hybridized carbons (Fsp3) is 0.0741. The van der Waals surface area contributed by atoms with Gasteiger partial charge < -0.3 is 10.3 Å². The molecule has 0 spiro atoms. The molecule has 0 unspecified atom stereocenters. The second-order valence-corrected chi connectivity index (χ2v) is 8.18. The normalized spacial score (nSPS) is 11.2. The monoisotopic (exact) mass is 438 g/mol. The van der Waals surface area contributed by atoms with Crippen molar-refractivity contribution in [1.82, 2.24) is 9.13 Å². The van der Waals surface area contributed by atoms with Crippen LogP contribution in [0.5, 0.6) is 0 Å². The van der Waals surface area contributed by atoms with Gasteiger partial charge in [0.2, 0.25) is 5.62 Å². The first-order valence-electron chi connectivity index (χ1n) is 10.5. The van der Waals surface area contributed by atoms with Gasteiger partial charge in [-0.3, -0.25) is 9.98 Å². The van der Waals surface area contributed by atoms with Crippen LogP contribution in [0.15, 0.2) is 97.1 Å². The summed E-state index contributed by atoms with van der Waals surface area (Å²) in [4.78, 5) is 0. The lowest BCUT2D eigenvalue weighted by Gasteiger charge is -2.08. The molecule has 0 bridgehead atoms. The van der Waals surface area contributed by atoms with Crippen LogP contribution in [0.2, 0.25) is 5.02 Å². The molecule has 0 saturated carbocycles. The Morgan fingerprint density at radius 1 is 0.750 bits per heavy atom. The summed E-state index contributed by atoms with van der Waals surface area (Å²) >= 11 is 6.41. The van der Waals surface area contributed by atoms with Gasteiger partial charge in [-0.25, -0.2) is 0 Å². The molecule has 0 saturated heterocycles. The molecule has 1 aromatic heterocycles. The zero-order valence-corrected chi connectivity index (χ0v) is 18.3. The zero-order valence-electron chi connectivity index (χ0n) is 17.5. The third-order valence-corrected chi connectivity index (χ3v) is 6.16. The number of fused-ring (bicyclic) bond motifs is 1. The van der Waals surface area contributed by atoms with E-state index < -0.39 is 0 Å². The maximum absolute atomic E-state index is 8.97. The molecule has 4 aromatic carbocycles. The maximum Gasteiger partial charge on any atom is 0.208 e. The number of aromatic nitrogens is 2. The van der Waals surface area contributed by atoms with Gasteiger partial charge in [0.1, 0.15) is 0 Å². The Labute approximate surface area is 191 Å². The summed E-state index contributed by atoms with van der Waals surface area (Å²) in [6.07, 6.45) is 0. The van der Waals surface area contributed by atoms with Crippen molar-refractivity contribution in [1.29, 1.82) is 5.41 Å². The standard InChI is InChI=1S/C27H23ClN4/c28-24-9-2-1-7-22(24)18-31-25-10-3-4-11-26(25)32(27(31)30)23-14-12-20(13-15-23)21-8-5-6-19(16-21)17-29/h1-16,30H,17-18,29H2. The summed E-state index contributed by atoms with van der Waals surface area (Å²) in [5.74, 6) is 0. The lowest BCUT2D eigenvalue weighted by molar-refractivity contribution is 0.724. The number of imidazole rings is 1. The van der Waals surface area contributed by atoms with Crippen molar-refractivity contribution >= 4 is 22.6 Å². The van der Waals surface area contributed by atoms with Crippen LogP contribution < -0.4 is 11.4 Å². The molecule has 5 rings (SSSR count). The number of nitrogens with one attached hydrogen (secondary N) is 1. The molecule has 5 aromatic rings. The van der Waals surface area contributed by atoms with Crippen molar-refractivity contribution < 1.29 is 0 Å². The van der Waals surface area contributed by atoms with Crippen LogP contribution in [0.3, 0.4) is 0 Å². The SMILES string of the molecule is N=c1n(Cc2ccccc2Cl)c2ccccc2n1-c1ccc(-c2cccc(CN)c2)cc1. The van der Waals surface area contributed by atoms with Crippen molar-refractivity contribution in [2.45, 2.75) is 13.1 Å². The predicted octanol–water partition coefficient (Wildman–Crippen LogP) is 5.74. The van der Waals surface area contributed by atoms with E-state index in [4.69, 9.17) is 22.7 Å². The number of nitrogens with two attached hydrogens (primary N) is 1. The van der Waals surface area contributed by atoms with E-state index in [0.717, 1.165) is 39.0 Å². The number of rotatable bonds is 5. The molecule has 0 fully saturated rings. The second kappa shape index (κ2) is 8.50. The van der Waals surface area contributed by atoms with Gasteiger partial charge >= 0.3 is 0 Å². The number of benzene rings is 4. The Balaban J connectivity index is 1.59. The van der Waals surface area contributed by atoms with Gasteiger partial charge in [0.05, 0.1) is 17.6 Å². The highest BCUT2D eigenvalue weighted by Crippen LogP contribution is 2.25. The maximum atomic E-state index is 8.97. The molecule has 0 aliphatic heterocycles. The smallest absolute Gasteiger partial charge is 0.208 e. The Kier molecular flexibility index (Phi) is 5.39. The van der Waals surface area contributed by atoms with Crippen molar-refractivity contribution in [3.8, 4) is 16.8 Å². The van der Waals surface area contributed by atoms with E-state index in [0.29, 0.717) is 23.7 Å². The summed E-state index contributed by atoms with van der Waals surface area (Å²) in [6.45, 7) is 1.06. The minimum Gasteiger partial charge on any atom is -0.326 e. The quantitative estimate of drug-likeness (QED) is 0.361. The first kappa shape index (κ1) is 20.3. The molecule has 3 N–H and O–H groups in total. The molecule has 0 aliphatic carbocycles. The van der Waals surface area contributed by atoms with E-state index >= 15 is 0 Å². The molecular weight excluding hydrogens is 416 g/mol.